The maximum atomic E-state index is 12.7. The molecule has 2 atom stereocenters. The molecule has 1 aliphatic heterocycles. The number of nitrogens with zero attached hydrogens (tertiary/aromatic N) is 1. The van der Waals surface area contributed by atoms with E-state index in [1.54, 1.807) is 23.1 Å². The lowest BCUT2D eigenvalue weighted by molar-refractivity contribution is -0.144. The smallest absolute Gasteiger partial charge is 0.313 e. The van der Waals surface area contributed by atoms with Gasteiger partial charge in [0.1, 0.15) is 0 Å². The van der Waals surface area contributed by atoms with Crippen molar-refractivity contribution in [3.8, 4) is 0 Å². The van der Waals surface area contributed by atoms with Crippen LogP contribution in [0.4, 0.5) is 5.69 Å². The van der Waals surface area contributed by atoms with Gasteiger partial charge in [-0.2, -0.15) is 0 Å². The molecule has 130 valence electrons. The SMILES string of the molecule is CC1(C)CC2CC(C)(CN2C(=O)C(=O)Nc2cccc(Cl)c2Cl)C1. The first-order valence-corrected chi connectivity index (χ1v) is 8.92. The average Bonchev–Trinajstić information content (AvgIpc) is 2.72. The maximum Gasteiger partial charge on any atom is 0.313 e. The first-order chi connectivity index (χ1) is 11.1. The fourth-order valence-corrected chi connectivity index (χ4v) is 4.95. The highest BCUT2D eigenvalue weighted by Gasteiger charge is 2.51. The Morgan fingerprint density at radius 1 is 1.21 bits per heavy atom. The number of anilines is 1. The third kappa shape index (κ3) is 3.27. The van der Waals surface area contributed by atoms with Gasteiger partial charge in [-0.3, -0.25) is 9.59 Å². The van der Waals surface area contributed by atoms with Crippen molar-refractivity contribution < 1.29 is 9.59 Å². The summed E-state index contributed by atoms with van der Waals surface area (Å²) in [5, 5.41) is 3.18. The number of benzene rings is 1. The molecule has 1 heterocycles. The molecule has 2 amide bonds. The van der Waals surface area contributed by atoms with Gasteiger partial charge in [0.2, 0.25) is 0 Å². The number of halogens is 2. The van der Waals surface area contributed by atoms with Crippen LogP contribution in [0.3, 0.4) is 0 Å². The van der Waals surface area contributed by atoms with Crippen LogP contribution >= 0.6 is 23.2 Å². The Hall–Kier alpha value is -1.26. The van der Waals surface area contributed by atoms with Crippen LogP contribution in [0.25, 0.3) is 0 Å². The Balaban J connectivity index is 1.75. The number of hydrogen-bond donors (Lipinski definition) is 1. The Labute approximate surface area is 152 Å². The van der Waals surface area contributed by atoms with E-state index in [1.165, 1.54) is 0 Å². The standard InChI is InChI=1S/C18H22Cl2N2O2/c1-17(2)7-11-8-18(3,9-17)10-22(11)16(24)15(23)21-13-6-4-5-12(19)14(13)20/h4-6,11H,7-10H2,1-3H3,(H,21,23). The quantitative estimate of drug-likeness (QED) is 0.748. The van der Waals surface area contributed by atoms with E-state index < -0.39 is 11.8 Å². The number of carbonyl (C=O) groups excluding carboxylic acids is 2. The van der Waals surface area contributed by atoms with Gasteiger partial charge in [0.05, 0.1) is 15.7 Å². The van der Waals surface area contributed by atoms with Gasteiger partial charge in [-0.25, -0.2) is 0 Å². The molecule has 24 heavy (non-hydrogen) atoms. The van der Waals surface area contributed by atoms with Crippen LogP contribution in [0.5, 0.6) is 0 Å². The van der Waals surface area contributed by atoms with Gasteiger partial charge in [0.25, 0.3) is 0 Å². The highest BCUT2D eigenvalue weighted by molar-refractivity contribution is 6.45. The molecule has 3 rings (SSSR count). The minimum atomic E-state index is -0.659. The molecular formula is C18H22Cl2N2O2. The molecule has 2 unspecified atom stereocenters. The Bertz CT molecular complexity index is 704. The van der Waals surface area contributed by atoms with Crippen LogP contribution in [0.15, 0.2) is 18.2 Å². The van der Waals surface area contributed by atoms with Gasteiger partial charge < -0.3 is 10.2 Å². The van der Waals surface area contributed by atoms with E-state index in [9.17, 15) is 9.59 Å². The molecule has 1 aromatic rings. The number of amides is 2. The van der Waals surface area contributed by atoms with Crippen LogP contribution in [0, 0.1) is 10.8 Å². The van der Waals surface area contributed by atoms with E-state index in [0.29, 0.717) is 17.3 Å². The molecule has 2 aliphatic rings. The first-order valence-electron chi connectivity index (χ1n) is 8.16. The Morgan fingerprint density at radius 3 is 2.62 bits per heavy atom. The van der Waals surface area contributed by atoms with Crippen molar-refractivity contribution in [2.45, 2.75) is 46.1 Å². The summed E-state index contributed by atoms with van der Waals surface area (Å²) < 4.78 is 0. The molecular weight excluding hydrogens is 347 g/mol. The Kier molecular flexibility index (Phi) is 4.33. The van der Waals surface area contributed by atoms with Crippen molar-refractivity contribution in [3.63, 3.8) is 0 Å². The van der Waals surface area contributed by atoms with Crippen molar-refractivity contribution in [3.05, 3.63) is 28.2 Å². The summed E-state index contributed by atoms with van der Waals surface area (Å²) in [4.78, 5) is 26.8. The van der Waals surface area contributed by atoms with Gasteiger partial charge in [0.15, 0.2) is 0 Å². The molecule has 1 saturated heterocycles. The minimum Gasteiger partial charge on any atom is -0.331 e. The van der Waals surface area contributed by atoms with E-state index in [2.05, 4.69) is 26.1 Å². The summed E-state index contributed by atoms with van der Waals surface area (Å²) in [6.07, 6.45) is 2.97. The summed E-state index contributed by atoms with van der Waals surface area (Å²) in [7, 11) is 0. The van der Waals surface area contributed by atoms with E-state index >= 15 is 0 Å². The monoisotopic (exact) mass is 368 g/mol. The second kappa shape index (κ2) is 5.92. The Morgan fingerprint density at radius 2 is 1.92 bits per heavy atom. The third-order valence-electron chi connectivity index (χ3n) is 5.07. The molecule has 1 N–H and O–H groups in total. The van der Waals surface area contributed by atoms with Crippen molar-refractivity contribution >= 4 is 40.7 Å². The molecule has 0 radical (unpaired) electrons. The largest absolute Gasteiger partial charge is 0.331 e. The molecule has 2 bridgehead atoms. The predicted molar refractivity (Wildman–Crippen MR) is 96.3 cm³/mol. The van der Waals surface area contributed by atoms with Crippen molar-refractivity contribution in [2.24, 2.45) is 10.8 Å². The van der Waals surface area contributed by atoms with Gasteiger partial charge >= 0.3 is 11.8 Å². The maximum absolute atomic E-state index is 12.7. The zero-order valence-electron chi connectivity index (χ0n) is 14.2. The zero-order valence-corrected chi connectivity index (χ0v) is 15.7. The normalized spacial score (nSPS) is 27.9. The minimum absolute atomic E-state index is 0.0933. The number of hydrogen-bond acceptors (Lipinski definition) is 2. The number of likely N-dealkylation sites (tertiary alicyclic amines) is 1. The van der Waals surface area contributed by atoms with Crippen LogP contribution in [-0.2, 0) is 9.59 Å². The summed E-state index contributed by atoms with van der Waals surface area (Å²) in [5.41, 5.74) is 0.645. The molecule has 0 spiro atoms. The molecule has 1 aromatic carbocycles. The molecule has 2 fully saturated rings. The lowest BCUT2D eigenvalue weighted by atomic mass is 9.65. The molecule has 0 aromatic heterocycles. The highest BCUT2D eigenvalue weighted by atomic mass is 35.5. The topological polar surface area (TPSA) is 49.4 Å². The lowest BCUT2D eigenvalue weighted by Gasteiger charge is -2.39. The summed E-state index contributed by atoms with van der Waals surface area (Å²) >= 11 is 12.0. The van der Waals surface area contributed by atoms with Gasteiger partial charge in [0, 0.05) is 12.6 Å². The van der Waals surface area contributed by atoms with Crippen molar-refractivity contribution in [1.82, 2.24) is 4.90 Å². The van der Waals surface area contributed by atoms with E-state index in [4.69, 9.17) is 23.2 Å². The van der Waals surface area contributed by atoms with Crippen molar-refractivity contribution in [2.75, 3.05) is 11.9 Å². The third-order valence-corrected chi connectivity index (χ3v) is 5.89. The summed E-state index contributed by atoms with van der Waals surface area (Å²) in [6.45, 7) is 7.31. The molecule has 4 nitrogen and oxygen atoms in total. The average molecular weight is 369 g/mol. The van der Waals surface area contributed by atoms with Gasteiger partial charge in [-0.1, -0.05) is 50.0 Å². The van der Waals surface area contributed by atoms with Crippen LogP contribution < -0.4 is 5.32 Å². The van der Waals surface area contributed by atoms with E-state index in [1.807, 2.05) is 0 Å². The molecule has 6 heteroatoms. The first kappa shape index (κ1) is 17.6. The van der Waals surface area contributed by atoms with Gasteiger partial charge in [-0.05, 0) is 42.2 Å². The van der Waals surface area contributed by atoms with Gasteiger partial charge in [-0.15, -0.1) is 0 Å². The van der Waals surface area contributed by atoms with E-state index in [-0.39, 0.29) is 21.9 Å². The molecule has 1 saturated carbocycles. The summed E-state index contributed by atoms with van der Waals surface area (Å²) in [6, 6.07) is 5.08. The predicted octanol–water partition coefficient (Wildman–Crippen LogP) is 4.36. The number of fused-ring (bicyclic) bond motifs is 2. The zero-order chi connectivity index (χ0) is 17.7. The van der Waals surface area contributed by atoms with E-state index in [0.717, 1.165) is 19.3 Å². The second-order valence-corrected chi connectivity index (χ2v) is 8.99. The number of rotatable bonds is 1. The fraction of sp³-hybridized carbons (Fsp3) is 0.556. The van der Waals surface area contributed by atoms with Crippen molar-refractivity contribution in [1.29, 1.82) is 0 Å². The summed E-state index contributed by atoms with van der Waals surface area (Å²) in [5.74, 6) is -1.15. The van der Waals surface area contributed by atoms with Crippen LogP contribution in [0.2, 0.25) is 10.0 Å². The van der Waals surface area contributed by atoms with Crippen LogP contribution in [-0.4, -0.2) is 29.3 Å². The highest BCUT2D eigenvalue weighted by Crippen LogP contribution is 2.52. The second-order valence-electron chi connectivity index (χ2n) is 8.20. The lowest BCUT2D eigenvalue weighted by Crippen LogP contribution is -2.43. The fourth-order valence-electron chi connectivity index (χ4n) is 4.60. The number of carbonyl (C=O) groups is 2. The molecule has 1 aliphatic carbocycles. The number of nitrogens with one attached hydrogen (secondary N) is 1. The van der Waals surface area contributed by atoms with Crippen LogP contribution in [0.1, 0.15) is 40.0 Å².